The monoisotopic (exact) mass is 355 g/mol. The van der Waals surface area contributed by atoms with Crippen LogP contribution in [0.15, 0.2) is 4.99 Å². The van der Waals surface area contributed by atoms with E-state index in [1.165, 1.54) is 0 Å². The lowest BCUT2D eigenvalue weighted by molar-refractivity contribution is -0.149. The van der Waals surface area contributed by atoms with Gasteiger partial charge in [0.15, 0.2) is 5.96 Å². The molecule has 0 aliphatic carbocycles. The number of nitrogens with zero attached hydrogens (tertiary/aromatic N) is 2. The van der Waals surface area contributed by atoms with Gasteiger partial charge in [0.2, 0.25) is 0 Å². The van der Waals surface area contributed by atoms with Crippen molar-refractivity contribution in [3.63, 3.8) is 0 Å². The van der Waals surface area contributed by atoms with Gasteiger partial charge in [-0.3, -0.25) is 9.79 Å². The van der Waals surface area contributed by atoms with Gasteiger partial charge < -0.3 is 15.4 Å². The molecule has 1 aliphatic heterocycles. The second kappa shape index (κ2) is 8.54. The van der Waals surface area contributed by atoms with E-state index < -0.39 is 0 Å². The van der Waals surface area contributed by atoms with E-state index in [1.807, 2.05) is 18.7 Å². The van der Waals surface area contributed by atoms with Crippen LogP contribution in [-0.4, -0.2) is 43.1 Å². The van der Waals surface area contributed by atoms with E-state index in [4.69, 9.17) is 10.5 Å². The van der Waals surface area contributed by atoms with Crippen molar-refractivity contribution < 1.29 is 9.53 Å². The van der Waals surface area contributed by atoms with Crippen LogP contribution in [0, 0.1) is 5.92 Å². The molecule has 5 nitrogen and oxygen atoms in total. The average Bonchev–Trinajstić information content (AvgIpc) is 2.30. The zero-order chi connectivity index (χ0) is 12.0. The molecular weight excluding hydrogens is 333 g/mol. The first-order valence-corrected chi connectivity index (χ1v) is 5.90. The summed E-state index contributed by atoms with van der Waals surface area (Å²) in [5.41, 5.74) is 5.82. The van der Waals surface area contributed by atoms with Crippen molar-refractivity contribution >= 4 is 35.9 Å². The molecule has 0 amide bonds. The third kappa shape index (κ3) is 5.10. The lowest BCUT2D eigenvalue weighted by Crippen LogP contribution is -2.46. The molecule has 6 heteroatoms. The maximum Gasteiger partial charge on any atom is 0.310 e. The summed E-state index contributed by atoms with van der Waals surface area (Å²) in [5.74, 6) is 0.368. The molecule has 1 fully saturated rings. The van der Waals surface area contributed by atoms with E-state index in [9.17, 15) is 4.79 Å². The van der Waals surface area contributed by atoms with Crippen LogP contribution in [0.5, 0.6) is 0 Å². The van der Waals surface area contributed by atoms with Crippen molar-refractivity contribution in [2.75, 3.05) is 26.2 Å². The van der Waals surface area contributed by atoms with Crippen LogP contribution in [0.25, 0.3) is 0 Å². The number of rotatable bonds is 3. The van der Waals surface area contributed by atoms with Gasteiger partial charge in [0.1, 0.15) is 0 Å². The third-order valence-electron chi connectivity index (χ3n) is 2.69. The minimum absolute atomic E-state index is 0. The van der Waals surface area contributed by atoms with Gasteiger partial charge in [0.05, 0.1) is 12.5 Å². The zero-order valence-corrected chi connectivity index (χ0v) is 12.8. The predicted octanol–water partition coefficient (Wildman–Crippen LogP) is 1.21. The van der Waals surface area contributed by atoms with Crippen molar-refractivity contribution in [1.29, 1.82) is 0 Å². The molecule has 0 aromatic rings. The van der Waals surface area contributed by atoms with Crippen LogP contribution in [-0.2, 0) is 9.53 Å². The number of hydrogen-bond acceptors (Lipinski definition) is 3. The average molecular weight is 355 g/mol. The molecule has 1 saturated heterocycles. The van der Waals surface area contributed by atoms with E-state index >= 15 is 0 Å². The van der Waals surface area contributed by atoms with E-state index in [0.717, 1.165) is 19.4 Å². The summed E-state index contributed by atoms with van der Waals surface area (Å²) in [6, 6.07) is 0. The Morgan fingerprint density at radius 1 is 1.53 bits per heavy atom. The third-order valence-corrected chi connectivity index (χ3v) is 2.69. The molecule has 1 heterocycles. The van der Waals surface area contributed by atoms with Crippen LogP contribution in [0.2, 0.25) is 0 Å². The van der Waals surface area contributed by atoms with Crippen molar-refractivity contribution in [3.05, 3.63) is 0 Å². The molecule has 1 aliphatic rings. The molecule has 1 unspecified atom stereocenters. The highest BCUT2D eigenvalue weighted by molar-refractivity contribution is 14.0. The number of likely N-dealkylation sites (tertiary alicyclic amines) is 1. The normalized spacial score (nSPS) is 20.7. The molecule has 1 rings (SSSR count). The van der Waals surface area contributed by atoms with Gasteiger partial charge in [-0.1, -0.05) is 0 Å². The van der Waals surface area contributed by atoms with Crippen LogP contribution in [0.3, 0.4) is 0 Å². The van der Waals surface area contributed by atoms with Crippen molar-refractivity contribution in [2.24, 2.45) is 16.6 Å². The van der Waals surface area contributed by atoms with Crippen LogP contribution in [0.4, 0.5) is 0 Å². The molecule has 0 aromatic carbocycles. The summed E-state index contributed by atoms with van der Waals surface area (Å²) >= 11 is 0. The van der Waals surface area contributed by atoms with Crippen LogP contribution >= 0.6 is 24.0 Å². The van der Waals surface area contributed by atoms with Gasteiger partial charge in [-0.15, -0.1) is 24.0 Å². The lowest BCUT2D eigenvalue weighted by Gasteiger charge is -2.32. The second-order valence-corrected chi connectivity index (χ2v) is 3.87. The number of guanidine groups is 1. The summed E-state index contributed by atoms with van der Waals surface area (Å²) in [6.45, 7) is 6.39. The molecule has 100 valence electrons. The first-order valence-electron chi connectivity index (χ1n) is 5.90. The molecule has 2 N–H and O–H groups in total. The van der Waals surface area contributed by atoms with Crippen molar-refractivity contribution in [2.45, 2.75) is 26.7 Å². The van der Waals surface area contributed by atoms with Gasteiger partial charge in [-0.05, 0) is 26.7 Å². The van der Waals surface area contributed by atoms with E-state index in [-0.39, 0.29) is 35.9 Å². The van der Waals surface area contributed by atoms with Gasteiger partial charge in [0.25, 0.3) is 0 Å². The number of nitrogens with two attached hydrogens (primary N) is 1. The Morgan fingerprint density at radius 3 is 2.82 bits per heavy atom. The molecule has 1 atom stereocenters. The Balaban J connectivity index is 0.00000256. The number of piperidine rings is 1. The second-order valence-electron chi connectivity index (χ2n) is 3.87. The first kappa shape index (κ1) is 16.5. The number of hydrogen-bond donors (Lipinski definition) is 1. The molecule has 0 radical (unpaired) electrons. The fourth-order valence-electron chi connectivity index (χ4n) is 1.90. The number of halogens is 1. The molecule has 0 aromatic heterocycles. The smallest absolute Gasteiger partial charge is 0.310 e. The summed E-state index contributed by atoms with van der Waals surface area (Å²) in [4.78, 5) is 17.7. The summed E-state index contributed by atoms with van der Waals surface area (Å²) in [7, 11) is 0. The fraction of sp³-hybridized carbons (Fsp3) is 0.818. The summed E-state index contributed by atoms with van der Waals surface area (Å²) < 4.78 is 5.02. The number of esters is 1. The topological polar surface area (TPSA) is 67.9 Å². The van der Waals surface area contributed by atoms with Gasteiger partial charge in [-0.2, -0.15) is 0 Å². The largest absolute Gasteiger partial charge is 0.466 e. The highest BCUT2D eigenvalue weighted by Crippen LogP contribution is 2.17. The van der Waals surface area contributed by atoms with Crippen molar-refractivity contribution in [3.8, 4) is 0 Å². The number of carbonyl (C=O) groups excluding carboxylic acids is 1. The molecular formula is C11H22IN3O2. The van der Waals surface area contributed by atoms with E-state index in [0.29, 0.717) is 25.7 Å². The molecule has 0 saturated carbocycles. The highest BCUT2D eigenvalue weighted by Gasteiger charge is 2.27. The molecule has 0 spiro atoms. The Kier molecular flexibility index (Phi) is 8.28. The lowest BCUT2D eigenvalue weighted by atomic mass is 9.98. The molecule has 17 heavy (non-hydrogen) atoms. The quantitative estimate of drug-likeness (QED) is 0.358. The number of aliphatic imine (C=N–C) groups is 1. The first-order chi connectivity index (χ1) is 7.69. The minimum Gasteiger partial charge on any atom is -0.466 e. The maximum absolute atomic E-state index is 11.6. The summed E-state index contributed by atoms with van der Waals surface area (Å²) in [5, 5.41) is 0. The Hall–Kier alpha value is -0.530. The SMILES string of the molecule is CCN=C(N)N1CCCC(C(=O)OCC)C1.I. The van der Waals surface area contributed by atoms with Gasteiger partial charge in [0, 0.05) is 19.6 Å². The summed E-state index contributed by atoms with van der Waals surface area (Å²) in [6.07, 6.45) is 1.85. The van der Waals surface area contributed by atoms with Crippen molar-refractivity contribution in [1.82, 2.24) is 4.90 Å². The number of ether oxygens (including phenoxy) is 1. The van der Waals surface area contributed by atoms with Crippen LogP contribution < -0.4 is 5.73 Å². The fourth-order valence-corrected chi connectivity index (χ4v) is 1.90. The predicted molar refractivity (Wildman–Crippen MR) is 78.5 cm³/mol. The minimum atomic E-state index is -0.114. The molecule has 0 bridgehead atoms. The van der Waals surface area contributed by atoms with Gasteiger partial charge in [-0.25, -0.2) is 0 Å². The number of carbonyl (C=O) groups is 1. The zero-order valence-electron chi connectivity index (χ0n) is 10.5. The van der Waals surface area contributed by atoms with E-state index in [2.05, 4.69) is 4.99 Å². The Morgan fingerprint density at radius 2 is 2.24 bits per heavy atom. The Bertz CT molecular complexity index is 271. The van der Waals surface area contributed by atoms with Gasteiger partial charge >= 0.3 is 5.97 Å². The maximum atomic E-state index is 11.6. The standard InChI is InChI=1S/C11H21N3O2.HI/c1-3-13-11(12)14-7-5-6-9(8-14)10(15)16-4-2;/h9H,3-8H2,1-2H3,(H2,12,13);1H. The Labute approximate surface area is 120 Å². The van der Waals surface area contributed by atoms with E-state index in [1.54, 1.807) is 0 Å². The van der Waals surface area contributed by atoms with Crippen LogP contribution in [0.1, 0.15) is 26.7 Å². The highest BCUT2D eigenvalue weighted by atomic mass is 127.